The van der Waals surface area contributed by atoms with Crippen LogP contribution in [0, 0.1) is 13.8 Å². The highest BCUT2D eigenvalue weighted by Crippen LogP contribution is 2.22. The quantitative estimate of drug-likeness (QED) is 0.835. The van der Waals surface area contributed by atoms with Gasteiger partial charge in [0.2, 0.25) is 0 Å². The fourth-order valence-corrected chi connectivity index (χ4v) is 1.88. The van der Waals surface area contributed by atoms with Gasteiger partial charge in [-0.25, -0.2) is 4.79 Å². The molecule has 0 aliphatic heterocycles. The summed E-state index contributed by atoms with van der Waals surface area (Å²) in [6.45, 7) is 9.06. The minimum absolute atomic E-state index is 0.0761. The molecule has 1 atom stereocenters. The zero-order valence-corrected chi connectivity index (χ0v) is 11.0. The molecule has 0 amide bonds. The Hall–Kier alpha value is -1.36. The van der Waals surface area contributed by atoms with Crippen molar-refractivity contribution < 1.29 is 15.0 Å². The summed E-state index contributed by atoms with van der Waals surface area (Å²) in [5.41, 5.74) is 0.753. The maximum absolute atomic E-state index is 10.9. The van der Waals surface area contributed by atoms with Gasteiger partial charge in [0.25, 0.3) is 0 Å². The second-order valence-corrected chi connectivity index (χ2v) is 4.94. The van der Waals surface area contributed by atoms with Crippen LogP contribution in [0.25, 0.3) is 0 Å². The summed E-state index contributed by atoms with van der Waals surface area (Å²) in [6, 6.07) is 0.220. The number of nitrogens with zero attached hydrogens (tertiary/aromatic N) is 2. The highest BCUT2D eigenvalue weighted by Gasteiger charge is 2.32. The third kappa shape index (κ3) is 2.66. The number of carboxylic acid groups (broad SMARTS) is 1. The van der Waals surface area contributed by atoms with Crippen molar-refractivity contribution >= 4 is 5.97 Å². The van der Waals surface area contributed by atoms with E-state index in [0.29, 0.717) is 0 Å². The van der Waals surface area contributed by atoms with E-state index >= 15 is 0 Å². The van der Waals surface area contributed by atoms with Crippen molar-refractivity contribution in [1.29, 1.82) is 0 Å². The van der Waals surface area contributed by atoms with E-state index in [9.17, 15) is 9.90 Å². The Bertz CT molecular complexity index is 433. The Labute approximate surface area is 101 Å². The van der Waals surface area contributed by atoms with Crippen LogP contribution in [-0.2, 0) is 11.2 Å². The van der Waals surface area contributed by atoms with Gasteiger partial charge in [-0.2, -0.15) is 5.10 Å². The van der Waals surface area contributed by atoms with Crippen LogP contribution in [0.4, 0.5) is 0 Å². The van der Waals surface area contributed by atoms with Crippen LogP contribution >= 0.6 is 0 Å². The molecule has 1 aromatic heterocycles. The second-order valence-electron chi connectivity index (χ2n) is 4.94. The Kier molecular flexibility index (Phi) is 3.62. The summed E-state index contributed by atoms with van der Waals surface area (Å²) in [5, 5.41) is 23.1. The molecule has 0 aliphatic rings. The molecule has 17 heavy (non-hydrogen) atoms. The molecule has 0 aromatic carbocycles. The number of hydrogen-bond donors (Lipinski definition) is 2. The van der Waals surface area contributed by atoms with Crippen molar-refractivity contribution in [2.45, 2.75) is 52.7 Å². The van der Waals surface area contributed by atoms with E-state index < -0.39 is 11.6 Å². The van der Waals surface area contributed by atoms with Gasteiger partial charge < -0.3 is 10.2 Å². The summed E-state index contributed by atoms with van der Waals surface area (Å²) in [7, 11) is 0. The normalized spacial score (nSPS) is 15.0. The van der Waals surface area contributed by atoms with E-state index in [0.717, 1.165) is 17.0 Å². The van der Waals surface area contributed by atoms with E-state index in [1.54, 1.807) is 0 Å². The minimum atomic E-state index is -1.75. The van der Waals surface area contributed by atoms with Crippen LogP contribution in [0.1, 0.15) is 43.8 Å². The molecule has 0 spiro atoms. The van der Waals surface area contributed by atoms with Gasteiger partial charge in [0, 0.05) is 18.2 Å². The molecule has 0 radical (unpaired) electrons. The molecule has 5 nitrogen and oxygen atoms in total. The molecule has 0 saturated carbocycles. The number of carbonyl (C=O) groups is 1. The number of aliphatic carboxylic acids is 1. The van der Waals surface area contributed by atoms with Gasteiger partial charge in [-0.15, -0.1) is 0 Å². The molecule has 96 valence electrons. The van der Waals surface area contributed by atoms with E-state index in [2.05, 4.69) is 5.10 Å². The molecule has 5 heteroatoms. The van der Waals surface area contributed by atoms with E-state index in [-0.39, 0.29) is 12.5 Å². The van der Waals surface area contributed by atoms with Crippen molar-refractivity contribution in [2.24, 2.45) is 0 Å². The zero-order chi connectivity index (χ0) is 13.4. The highest BCUT2D eigenvalue weighted by atomic mass is 16.4. The van der Waals surface area contributed by atoms with Gasteiger partial charge in [-0.1, -0.05) is 0 Å². The monoisotopic (exact) mass is 240 g/mol. The molecule has 0 bridgehead atoms. The first-order valence-electron chi connectivity index (χ1n) is 5.67. The van der Waals surface area contributed by atoms with Crippen molar-refractivity contribution in [2.75, 3.05) is 0 Å². The van der Waals surface area contributed by atoms with Crippen molar-refractivity contribution in [1.82, 2.24) is 9.78 Å². The van der Waals surface area contributed by atoms with Gasteiger partial charge in [-0.3, -0.25) is 4.68 Å². The van der Waals surface area contributed by atoms with Crippen molar-refractivity contribution in [3.05, 3.63) is 17.0 Å². The van der Waals surface area contributed by atoms with Crippen LogP contribution in [0.5, 0.6) is 0 Å². The van der Waals surface area contributed by atoms with E-state index in [1.165, 1.54) is 6.92 Å². The third-order valence-electron chi connectivity index (χ3n) is 2.95. The van der Waals surface area contributed by atoms with E-state index in [1.807, 2.05) is 32.4 Å². The fraction of sp³-hybridized carbons (Fsp3) is 0.667. The minimum Gasteiger partial charge on any atom is -0.479 e. The topological polar surface area (TPSA) is 75.3 Å². The molecule has 0 fully saturated rings. The summed E-state index contributed by atoms with van der Waals surface area (Å²) < 4.78 is 1.85. The smallest absolute Gasteiger partial charge is 0.335 e. The van der Waals surface area contributed by atoms with Crippen LogP contribution < -0.4 is 0 Å². The van der Waals surface area contributed by atoms with E-state index in [4.69, 9.17) is 5.11 Å². The van der Waals surface area contributed by atoms with Gasteiger partial charge >= 0.3 is 5.97 Å². The number of rotatable bonds is 4. The summed E-state index contributed by atoms with van der Waals surface area (Å²) in [4.78, 5) is 10.9. The van der Waals surface area contributed by atoms with Crippen LogP contribution in [0.3, 0.4) is 0 Å². The number of aromatic nitrogens is 2. The van der Waals surface area contributed by atoms with Crippen LogP contribution in [0.15, 0.2) is 0 Å². The SMILES string of the molecule is Cc1nn(C(C)C)c(C)c1CC(C)(O)C(=O)O. The number of aliphatic hydroxyl groups is 1. The summed E-state index contributed by atoms with van der Waals surface area (Å²) in [6.07, 6.45) is 0.0761. The first-order chi connectivity index (χ1) is 7.66. The molecule has 1 aromatic rings. The van der Waals surface area contributed by atoms with Crippen LogP contribution in [-0.4, -0.2) is 31.6 Å². The molecule has 1 rings (SSSR count). The lowest BCUT2D eigenvalue weighted by molar-refractivity contribution is -0.156. The lowest BCUT2D eigenvalue weighted by Crippen LogP contribution is -2.37. The maximum atomic E-state index is 10.9. The lowest BCUT2D eigenvalue weighted by Gasteiger charge is -2.18. The van der Waals surface area contributed by atoms with Crippen LogP contribution in [0.2, 0.25) is 0 Å². The van der Waals surface area contributed by atoms with Gasteiger partial charge in [-0.05, 0) is 40.2 Å². The van der Waals surface area contributed by atoms with Gasteiger partial charge in [0.1, 0.15) is 0 Å². The summed E-state index contributed by atoms with van der Waals surface area (Å²) in [5.74, 6) is -1.21. The molecule has 1 heterocycles. The third-order valence-corrected chi connectivity index (χ3v) is 2.95. The zero-order valence-electron chi connectivity index (χ0n) is 11.0. The van der Waals surface area contributed by atoms with Crippen molar-refractivity contribution in [3.63, 3.8) is 0 Å². The number of carboxylic acids is 1. The maximum Gasteiger partial charge on any atom is 0.335 e. The number of hydrogen-bond acceptors (Lipinski definition) is 3. The lowest BCUT2D eigenvalue weighted by atomic mass is 9.95. The first-order valence-corrected chi connectivity index (χ1v) is 5.67. The largest absolute Gasteiger partial charge is 0.479 e. The van der Waals surface area contributed by atoms with Crippen molar-refractivity contribution in [3.8, 4) is 0 Å². The molecule has 0 saturated heterocycles. The predicted molar refractivity (Wildman–Crippen MR) is 64.0 cm³/mol. The Balaban J connectivity index is 3.12. The standard InChI is InChI=1S/C12H20N2O3/c1-7(2)14-9(4)10(8(3)13-14)6-12(5,17)11(15)16/h7,17H,6H2,1-5H3,(H,15,16). The Morgan fingerprint density at radius 1 is 1.47 bits per heavy atom. The number of aryl methyl sites for hydroxylation is 1. The van der Waals surface area contributed by atoms with Gasteiger partial charge in [0.05, 0.1) is 5.69 Å². The molecule has 2 N–H and O–H groups in total. The average molecular weight is 240 g/mol. The molecule has 1 unspecified atom stereocenters. The molecular weight excluding hydrogens is 220 g/mol. The Morgan fingerprint density at radius 3 is 2.35 bits per heavy atom. The Morgan fingerprint density at radius 2 is 2.00 bits per heavy atom. The first kappa shape index (κ1) is 13.7. The van der Waals surface area contributed by atoms with Gasteiger partial charge in [0.15, 0.2) is 5.60 Å². The second kappa shape index (κ2) is 4.49. The fourth-order valence-electron chi connectivity index (χ4n) is 1.88. The highest BCUT2D eigenvalue weighted by molar-refractivity contribution is 5.77. The predicted octanol–water partition coefficient (Wildman–Crippen LogP) is 1.46. The average Bonchev–Trinajstić information content (AvgIpc) is 2.45. The summed E-state index contributed by atoms with van der Waals surface area (Å²) >= 11 is 0. The molecule has 0 aliphatic carbocycles. The molecular formula is C12H20N2O3.